The molecule has 35 heavy (non-hydrogen) atoms. The zero-order valence-electron chi connectivity index (χ0n) is 19.2. The third-order valence-electron chi connectivity index (χ3n) is 4.84. The average molecular weight is 495 g/mol. The molecule has 0 bridgehead atoms. The van der Waals surface area contributed by atoms with Crippen molar-refractivity contribution in [3.05, 3.63) is 76.2 Å². The Morgan fingerprint density at radius 2 is 1.71 bits per heavy atom. The van der Waals surface area contributed by atoms with E-state index in [1.165, 1.54) is 13.2 Å². The smallest absolute Gasteiger partial charge is 0.340 e. The standard InChI is InChI=1S/C24H26N6O4S/c1-34-22(32)17-10-4-5-11-18(17)29-30-20-13-7-6-12-19(20)26-24(33)28-23-25-16(15-21(31)27-23)9-3-2-8-14-35/h4-7,10-13,15,35H,2-3,8-9,14H2,1H3,(H3,25,26,27,28,31,33). The van der Waals surface area contributed by atoms with Gasteiger partial charge in [0.2, 0.25) is 5.95 Å². The van der Waals surface area contributed by atoms with Crippen molar-refractivity contribution in [2.45, 2.75) is 25.7 Å². The summed E-state index contributed by atoms with van der Waals surface area (Å²) in [4.78, 5) is 43.3. The van der Waals surface area contributed by atoms with Crippen molar-refractivity contribution in [2.24, 2.45) is 10.2 Å². The number of esters is 1. The second-order valence-corrected chi connectivity index (χ2v) is 7.87. The van der Waals surface area contributed by atoms with Crippen LogP contribution in [0.1, 0.15) is 35.3 Å². The molecule has 2 amide bonds. The zero-order valence-corrected chi connectivity index (χ0v) is 20.0. The highest BCUT2D eigenvalue weighted by Gasteiger charge is 2.12. The summed E-state index contributed by atoms with van der Waals surface area (Å²) in [6, 6.07) is 14.2. The molecule has 0 atom stereocenters. The molecule has 0 aliphatic heterocycles. The first-order valence-corrected chi connectivity index (χ1v) is 11.6. The lowest BCUT2D eigenvalue weighted by molar-refractivity contribution is 0.0601. The maximum Gasteiger partial charge on any atom is 0.340 e. The summed E-state index contributed by atoms with van der Waals surface area (Å²) >= 11 is 4.19. The number of nitrogens with zero attached hydrogens (tertiary/aromatic N) is 3. The Bertz CT molecular complexity index is 1260. The molecule has 11 heteroatoms. The summed E-state index contributed by atoms with van der Waals surface area (Å²) in [6.07, 6.45) is 3.48. The van der Waals surface area contributed by atoms with Gasteiger partial charge in [-0.3, -0.25) is 15.1 Å². The summed E-state index contributed by atoms with van der Waals surface area (Å²) < 4.78 is 4.77. The number of aromatic nitrogens is 2. The van der Waals surface area contributed by atoms with Gasteiger partial charge in [0, 0.05) is 11.8 Å². The van der Waals surface area contributed by atoms with Crippen molar-refractivity contribution in [2.75, 3.05) is 23.5 Å². The molecule has 0 spiro atoms. The largest absolute Gasteiger partial charge is 0.465 e. The van der Waals surface area contributed by atoms with Crippen LogP contribution in [0.5, 0.6) is 0 Å². The molecule has 3 rings (SSSR count). The van der Waals surface area contributed by atoms with Crippen molar-refractivity contribution in [1.82, 2.24) is 9.97 Å². The topological polar surface area (TPSA) is 138 Å². The van der Waals surface area contributed by atoms with Gasteiger partial charge in [-0.25, -0.2) is 14.6 Å². The molecular formula is C24H26N6O4S. The van der Waals surface area contributed by atoms with E-state index in [0.717, 1.165) is 25.0 Å². The fraction of sp³-hybridized carbons (Fsp3) is 0.250. The number of anilines is 2. The van der Waals surface area contributed by atoms with Crippen LogP contribution in [0, 0.1) is 0 Å². The van der Waals surface area contributed by atoms with Gasteiger partial charge in [0.25, 0.3) is 5.56 Å². The fourth-order valence-corrected chi connectivity index (χ4v) is 3.39. The lowest BCUT2D eigenvalue weighted by Crippen LogP contribution is -2.23. The Hall–Kier alpha value is -3.99. The number of azo groups is 1. The van der Waals surface area contributed by atoms with Crippen LogP contribution in [0.4, 0.5) is 27.8 Å². The van der Waals surface area contributed by atoms with Crippen molar-refractivity contribution >= 4 is 47.6 Å². The Morgan fingerprint density at radius 1 is 1.00 bits per heavy atom. The van der Waals surface area contributed by atoms with Crippen LogP contribution < -0.4 is 16.2 Å². The highest BCUT2D eigenvalue weighted by molar-refractivity contribution is 7.80. The second-order valence-electron chi connectivity index (χ2n) is 7.42. The predicted molar refractivity (Wildman–Crippen MR) is 137 cm³/mol. The highest BCUT2D eigenvalue weighted by atomic mass is 32.1. The molecule has 0 fully saturated rings. The summed E-state index contributed by atoms with van der Waals surface area (Å²) in [6.45, 7) is 0. The molecule has 0 radical (unpaired) electrons. The maximum atomic E-state index is 12.6. The van der Waals surface area contributed by atoms with Gasteiger partial charge in [-0.2, -0.15) is 12.6 Å². The molecule has 3 aromatic rings. The van der Waals surface area contributed by atoms with Crippen molar-refractivity contribution < 1.29 is 14.3 Å². The van der Waals surface area contributed by atoms with Crippen LogP contribution in [0.3, 0.4) is 0 Å². The highest BCUT2D eigenvalue weighted by Crippen LogP contribution is 2.28. The monoisotopic (exact) mass is 494 g/mol. The molecule has 0 saturated carbocycles. The van der Waals surface area contributed by atoms with Crippen LogP contribution in [-0.4, -0.2) is 34.8 Å². The number of hydrogen-bond acceptors (Lipinski definition) is 8. The number of nitrogens with one attached hydrogen (secondary N) is 3. The molecule has 0 aliphatic rings. The first kappa shape index (κ1) is 25.6. The lowest BCUT2D eigenvalue weighted by Gasteiger charge is -2.09. The van der Waals surface area contributed by atoms with E-state index in [1.54, 1.807) is 48.5 Å². The first-order chi connectivity index (χ1) is 17.0. The number of aromatic amines is 1. The van der Waals surface area contributed by atoms with Crippen LogP contribution in [-0.2, 0) is 11.2 Å². The van der Waals surface area contributed by atoms with Gasteiger partial charge < -0.3 is 10.1 Å². The van der Waals surface area contributed by atoms with Crippen molar-refractivity contribution in [3.8, 4) is 0 Å². The quantitative estimate of drug-likeness (QED) is 0.132. The van der Waals surface area contributed by atoms with Gasteiger partial charge in [-0.05, 0) is 49.3 Å². The van der Waals surface area contributed by atoms with Gasteiger partial charge in [0.05, 0.1) is 18.4 Å². The second kappa shape index (κ2) is 13.0. The Morgan fingerprint density at radius 3 is 2.49 bits per heavy atom. The van der Waals surface area contributed by atoms with E-state index in [1.807, 2.05) is 0 Å². The van der Waals surface area contributed by atoms with E-state index in [-0.39, 0.29) is 17.1 Å². The number of H-pyrrole nitrogens is 1. The zero-order chi connectivity index (χ0) is 25.0. The molecule has 10 nitrogen and oxygen atoms in total. The summed E-state index contributed by atoms with van der Waals surface area (Å²) in [5.41, 5.74) is 1.57. The lowest BCUT2D eigenvalue weighted by atomic mass is 10.1. The Labute approximate surface area is 207 Å². The Kier molecular flexibility index (Phi) is 9.55. The first-order valence-electron chi connectivity index (χ1n) is 11.0. The number of ether oxygens (including phenoxy) is 1. The number of methoxy groups -OCH3 is 1. The van der Waals surface area contributed by atoms with E-state index in [2.05, 4.69) is 43.5 Å². The maximum absolute atomic E-state index is 12.6. The van der Waals surface area contributed by atoms with E-state index in [9.17, 15) is 14.4 Å². The average Bonchev–Trinajstić information content (AvgIpc) is 2.85. The molecule has 0 saturated heterocycles. The number of hydrogen-bond donors (Lipinski definition) is 4. The van der Waals surface area contributed by atoms with Crippen LogP contribution >= 0.6 is 12.6 Å². The minimum atomic E-state index is -0.613. The van der Waals surface area contributed by atoms with Gasteiger partial charge >= 0.3 is 12.0 Å². The normalized spacial score (nSPS) is 10.8. The van der Waals surface area contributed by atoms with Crippen molar-refractivity contribution in [3.63, 3.8) is 0 Å². The number of para-hydroxylation sites is 1. The van der Waals surface area contributed by atoms with Gasteiger partial charge in [0.1, 0.15) is 11.4 Å². The summed E-state index contributed by atoms with van der Waals surface area (Å²) in [5, 5.41) is 13.6. The summed E-state index contributed by atoms with van der Waals surface area (Å²) in [5.74, 6) is 0.329. The molecule has 182 valence electrons. The molecular weight excluding hydrogens is 468 g/mol. The number of rotatable bonds is 10. The fourth-order valence-electron chi connectivity index (χ4n) is 3.17. The number of unbranched alkanes of at least 4 members (excludes halogenated alkanes) is 2. The number of carbonyl (C=O) groups excluding carboxylic acids is 2. The predicted octanol–water partition coefficient (Wildman–Crippen LogP) is 5.26. The Balaban J connectivity index is 1.71. The summed E-state index contributed by atoms with van der Waals surface area (Å²) in [7, 11) is 1.29. The molecule has 0 unspecified atom stereocenters. The number of aryl methyl sites for hydroxylation is 1. The minimum Gasteiger partial charge on any atom is -0.465 e. The number of amides is 2. The SMILES string of the molecule is COC(=O)c1ccccc1N=Nc1ccccc1NC(=O)Nc1nc(CCCCCS)cc(=O)[nH]1. The van der Waals surface area contributed by atoms with Crippen LogP contribution in [0.15, 0.2) is 69.6 Å². The van der Waals surface area contributed by atoms with E-state index in [4.69, 9.17) is 4.74 Å². The van der Waals surface area contributed by atoms with E-state index < -0.39 is 12.0 Å². The third-order valence-corrected chi connectivity index (χ3v) is 5.16. The number of thiol groups is 1. The van der Waals surface area contributed by atoms with Gasteiger partial charge in [-0.1, -0.05) is 30.7 Å². The number of benzene rings is 2. The molecule has 3 N–H and O–H groups in total. The van der Waals surface area contributed by atoms with E-state index >= 15 is 0 Å². The van der Waals surface area contributed by atoms with Gasteiger partial charge in [-0.15, -0.1) is 10.2 Å². The minimum absolute atomic E-state index is 0.0466. The molecule has 1 aromatic heterocycles. The third kappa shape index (κ3) is 7.78. The molecule has 2 aromatic carbocycles. The molecule has 1 heterocycles. The van der Waals surface area contributed by atoms with Crippen LogP contribution in [0.25, 0.3) is 0 Å². The van der Waals surface area contributed by atoms with Crippen molar-refractivity contribution in [1.29, 1.82) is 0 Å². The van der Waals surface area contributed by atoms with Gasteiger partial charge in [0.15, 0.2) is 0 Å². The number of urea groups is 1. The van der Waals surface area contributed by atoms with E-state index in [0.29, 0.717) is 29.2 Å². The van der Waals surface area contributed by atoms with Crippen LogP contribution in [0.2, 0.25) is 0 Å². The molecule has 0 aliphatic carbocycles. The number of carbonyl (C=O) groups is 2.